The lowest BCUT2D eigenvalue weighted by atomic mass is 10.1. The zero-order valence-corrected chi connectivity index (χ0v) is 16.7. The van der Waals surface area contributed by atoms with E-state index in [0.29, 0.717) is 16.9 Å². The van der Waals surface area contributed by atoms with Crippen molar-refractivity contribution in [2.45, 2.75) is 18.9 Å². The third kappa shape index (κ3) is 4.33. The summed E-state index contributed by atoms with van der Waals surface area (Å²) < 4.78 is 7.75. The average molecular weight is 424 g/mol. The van der Waals surface area contributed by atoms with Gasteiger partial charge in [0.1, 0.15) is 11.8 Å². The molecule has 0 bridgehead atoms. The molecular weight excluding hydrogens is 404 g/mol. The minimum absolute atomic E-state index is 0.234. The van der Waals surface area contributed by atoms with Gasteiger partial charge in [0.15, 0.2) is 6.73 Å². The zero-order valence-electron chi connectivity index (χ0n) is 15.9. The highest BCUT2D eigenvalue weighted by Gasteiger charge is 2.26. The first-order valence-corrected chi connectivity index (χ1v) is 9.78. The molecule has 0 aliphatic carbocycles. The zero-order chi connectivity index (χ0) is 20.9. The number of nitrogens with one attached hydrogen (secondary N) is 2. The minimum atomic E-state index is -0.834. The first-order valence-electron chi connectivity index (χ1n) is 9.37. The summed E-state index contributed by atoms with van der Waals surface area (Å²) in [5.41, 5.74) is 2.41. The van der Waals surface area contributed by atoms with Crippen molar-refractivity contribution in [2.24, 2.45) is 0 Å². The van der Waals surface area contributed by atoms with Crippen LogP contribution in [0.15, 0.2) is 60.8 Å². The second kappa shape index (κ2) is 8.78. The van der Waals surface area contributed by atoms with Crippen molar-refractivity contribution in [3.05, 3.63) is 65.6 Å². The normalized spacial score (nSPS) is 15.7. The van der Waals surface area contributed by atoms with Crippen molar-refractivity contribution < 1.29 is 14.6 Å². The summed E-state index contributed by atoms with van der Waals surface area (Å²) in [5, 5.41) is 22.8. The molecule has 0 spiro atoms. The van der Waals surface area contributed by atoms with E-state index in [-0.39, 0.29) is 6.73 Å². The van der Waals surface area contributed by atoms with E-state index < -0.39 is 12.0 Å². The number of hydrogen-bond acceptors (Lipinski definition) is 7. The summed E-state index contributed by atoms with van der Waals surface area (Å²) in [6, 6.07) is 14.4. The summed E-state index contributed by atoms with van der Waals surface area (Å²) in [5.74, 6) is -0.195. The molecule has 4 rings (SSSR count). The van der Waals surface area contributed by atoms with Gasteiger partial charge in [-0.1, -0.05) is 28.5 Å². The number of H-pyrrole nitrogens is 1. The maximum Gasteiger partial charge on any atom is 0.326 e. The standard InChI is InChI=1S/C20H20N6O3S/c27-19(28)18-9-1-2-10-25(18)15-6-4-8-17(12-15)29-13-21-14-5-3-7-16(11-14)26-20(30)22-23-24-26/h2-8,10-12,18,21H,1,9,13H2,(H,27,28)(H,22,24,30). The third-order valence-electron chi connectivity index (χ3n) is 4.70. The molecular formula is C20H20N6O3S. The first kappa shape index (κ1) is 19.6. The lowest BCUT2D eigenvalue weighted by Gasteiger charge is -2.30. The van der Waals surface area contributed by atoms with Crippen LogP contribution >= 0.6 is 12.2 Å². The van der Waals surface area contributed by atoms with E-state index in [0.717, 1.165) is 23.5 Å². The predicted molar refractivity (Wildman–Crippen MR) is 114 cm³/mol. The number of carbonyl (C=O) groups is 1. The number of rotatable bonds is 7. The van der Waals surface area contributed by atoms with E-state index in [2.05, 4.69) is 20.8 Å². The molecule has 0 amide bonds. The number of carboxylic acids is 1. The number of aromatic amines is 1. The fraction of sp³-hybridized carbons (Fsp3) is 0.200. The molecule has 30 heavy (non-hydrogen) atoms. The van der Waals surface area contributed by atoms with Crippen molar-refractivity contribution in [2.75, 3.05) is 16.9 Å². The van der Waals surface area contributed by atoms with Crippen LogP contribution in [0.4, 0.5) is 11.4 Å². The summed E-state index contributed by atoms with van der Waals surface area (Å²) >= 11 is 5.12. The van der Waals surface area contributed by atoms with Gasteiger partial charge in [-0.15, -0.1) is 0 Å². The van der Waals surface area contributed by atoms with E-state index in [1.54, 1.807) is 9.58 Å². The summed E-state index contributed by atoms with van der Waals surface area (Å²) in [6.07, 6.45) is 5.13. The summed E-state index contributed by atoms with van der Waals surface area (Å²) in [7, 11) is 0. The Balaban J connectivity index is 1.42. The fourth-order valence-electron chi connectivity index (χ4n) is 3.25. The Bertz CT molecular complexity index is 1130. The quantitative estimate of drug-likeness (QED) is 0.391. The number of anilines is 2. The third-order valence-corrected chi connectivity index (χ3v) is 4.96. The molecule has 0 fully saturated rings. The molecule has 1 unspecified atom stereocenters. The van der Waals surface area contributed by atoms with Gasteiger partial charge >= 0.3 is 5.97 Å². The molecule has 154 valence electrons. The lowest BCUT2D eigenvalue weighted by molar-refractivity contribution is -0.138. The SMILES string of the molecule is O=C(O)C1CCC=CN1c1cccc(OCNc2cccc(-n3[nH]nnc3=S)c2)c1. The predicted octanol–water partition coefficient (Wildman–Crippen LogP) is 3.34. The van der Waals surface area contributed by atoms with Crippen LogP contribution in [0.1, 0.15) is 12.8 Å². The Kier molecular flexibility index (Phi) is 5.75. The van der Waals surface area contributed by atoms with Crippen LogP contribution in [0.5, 0.6) is 5.75 Å². The van der Waals surface area contributed by atoms with Crippen molar-refractivity contribution in [3.63, 3.8) is 0 Å². The van der Waals surface area contributed by atoms with Crippen molar-refractivity contribution in [3.8, 4) is 11.4 Å². The second-order valence-electron chi connectivity index (χ2n) is 6.65. The lowest BCUT2D eigenvalue weighted by Crippen LogP contribution is -2.39. The molecule has 1 atom stereocenters. The van der Waals surface area contributed by atoms with Gasteiger partial charge < -0.3 is 20.1 Å². The number of aromatic nitrogens is 4. The number of benzene rings is 2. The van der Waals surface area contributed by atoms with Crippen LogP contribution in [-0.2, 0) is 4.79 Å². The average Bonchev–Trinajstić information content (AvgIpc) is 3.20. The largest absolute Gasteiger partial charge is 0.480 e. The van der Waals surface area contributed by atoms with E-state index >= 15 is 0 Å². The van der Waals surface area contributed by atoms with E-state index in [1.807, 2.05) is 60.8 Å². The van der Waals surface area contributed by atoms with Crippen LogP contribution in [0, 0.1) is 4.77 Å². The minimum Gasteiger partial charge on any atom is -0.480 e. The molecule has 1 aliphatic heterocycles. The fourth-order valence-corrected chi connectivity index (χ4v) is 3.44. The maximum atomic E-state index is 11.6. The summed E-state index contributed by atoms with van der Waals surface area (Å²) in [6.45, 7) is 0.234. The van der Waals surface area contributed by atoms with Gasteiger partial charge in [0.25, 0.3) is 0 Å². The molecule has 0 saturated carbocycles. The molecule has 10 heteroatoms. The summed E-state index contributed by atoms with van der Waals surface area (Å²) in [4.78, 5) is 13.3. The highest BCUT2D eigenvalue weighted by atomic mass is 32.1. The molecule has 2 heterocycles. The Labute approximate surface area is 177 Å². The van der Waals surface area contributed by atoms with Gasteiger partial charge in [-0.3, -0.25) is 0 Å². The van der Waals surface area contributed by atoms with Gasteiger partial charge in [-0.2, -0.15) is 5.21 Å². The Hall–Kier alpha value is -3.66. The monoisotopic (exact) mass is 424 g/mol. The highest BCUT2D eigenvalue weighted by molar-refractivity contribution is 7.71. The molecule has 9 nitrogen and oxygen atoms in total. The molecule has 0 saturated heterocycles. The van der Waals surface area contributed by atoms with Gasteiger partial charge in [-0.25, -0.2) is 9.48 Å². The number of tetrazole rings is 1. The van der Waals surface area contributed by atoms with Gasteiger partial charge in [0.2, 0.25) is 4.77 Å². The molecule has 2 aromatic carbocycles. The number of nitrogens with zero attached hydrogens (tertiary/aromatic N) is 4. The number of hydrogen-bond donors (Lipinski definition) is 3. The van der Waals surface area contributed by atoms with E-state index in [1.165, 1.54) is 0 Å². The van der Waals surface area contributed by atoms with Gasteiger partial charge in [0, 0.05) is 23.6 Å². The van der Waals surface area contributed by atoms with Crippen LogP contribution < -0.4 is 15.0 Å². The number of allylic oxidation sites excluding steroid dienone is 1. The molecule has 1 aliphatic rings. The van der Waals surface area contributed by atoms with Crippen molar-refractivity contribution in [1.82, 2.24) is 20.2 Å². The van der Waals surface area contributed by atoms with Crippen molar-refractivity contribution in [1.29, 1.82) is 0 Å². The maximum absolute atomic E-state index is 11.6. The Morgan fingerprint density at radius 2 is 2.10 bits per heavy atom. The van der Waals surface area contributed by atoms with Crippen molar-refractivity contribution >= 4 is 29.6 Å². The topological polar surface area (TPSA) is 108 Å². The molecule has 3 N–H and O–H groups in total. The highest BCUT2D eigenvalue weighted by Crippen LogP contribution is 2.27. The Morgan fingerprint density at radius 1 is 1.27 bits per heavy atom. The van der Waals surface area contributed by atoms with Gasteiger partial charge in [0.05, 0.1) is 5.69 Å². The van der Waals surface area contributed by atoms with Gasteiger partial charge in [-0.05, 0) is 55.4 Å². The number of aliphatic carboxylic acids is 1. The van der Waals surface area contributed by atoms with Crippen LogP contribution in [-0.4, -0.2) is 44.1 Å². The Morgan fingerprint density at radius 3 is 2.90 bits per heavy atom. The molecule has 0 radical (unpaired) electrons. The molecule has 1 aromatic heterocycles. The smallest absolute Gasteiger partial charge is 0.326 e. The van der Waals surface area contributed by atoms with Crippen LogP contribution in [0.3, 0.4) is 0 Å². The second-order valence-corrected chi connectivity index (χ2v) is 7.02. The first-order chi connectivity index (χ1) is 14.6. The number of carboxylic acid groups (broad SMARTS) is 1. The van der Waals surface area contributed by atoms with Crippen LogP contribution in [0.25, 0.3) is 5.69 Å². The van der Waals surface area contributed by atoms with E-state index in [4.69, 9.17) is 17.0 Å². The molecule has 3 aromatic rings. The number of ether oxygens (including phenoxy) is 1. The van der Waals surface area contributed by atoms with Crippen LogP contribution in [0.2, 0.25) is 0 Å². The van der Waals surface area contributed by atoms with E-state index in [9.17, 15) is 9.90 Å².